The predicted molar refractivity (Wildman–Crippen MR) is 138 cm³/mol. The third kappa shape index (κ3) is 4.09. The van der Waals surface area contributed by atoms with Gasteiger partial charge in [-0.3, -0.25) is 33.8 Å². The van der Waals surface area contributed by atoms with E-state index >= 15 is 0 Å². The number of rotatable bonds is 7. The number of aromatic hydroxyl groups is 1. The number of nitrogens with zero attached hydrogens (tertiary/aromatic N) is 2. The monoisotopic (exact) mass is 547 g/mol. The van der Waals surface area contributed by atoms with Crippen LogP contribution in [0.5, 0.6) is 5.75 Å². The van der Waals surface area contributed by atoms with Crippen LogP contribution in [0, 0.1) is 23.7 Å². The second-order valence-electron chi connectivity index (χ2n) is 10.9. The van der Waals surface area contributed by atoms with Crippen LogP contribution in [0.25, 0.3) is 0 Å². The van der Waals surface area contributed by atoms with Crippen LogP contribution < -0.4 is 5.73 Å². The number of phenols is 1. The molecule has 0 saturated heterocycles. The van der Waals surface area contributed by atoms with E-state index in [1.807, 2.05) is 6.92 Å². The van der Waals surface area contributed by atoms with Crippen molar-refractivity contribution in [3.05, 3.63) is 27.8 Å². The highest BCUT2D eigenvalue weighted by Gasteiger charge is 2.69. The summed E-state index contributed by atoms with van der Waals surface area (Å²) in [6, 6.07) is 0.289. The topological polar surface area (TPSA) is 158 Å². The van der Waals surface area contributed by atoms with Crippen molar-refractivity contribution in [1.29, 1.82) is 0 Å². The Morgan fingerprint density at radius 2 is 1.84 bits per heavy atom. The number of fused-ring (bicyclic) bond motifs is 3. The van der Waals surface area contributed by atoms with Crippen LogP contribution in [0.4, 0.5) is 0 Å². The Labute approximate surface area is 226 Å². The molecule has 4 N–H and O–H groups in total. The second-order valence-corrected chi connectivity index (χ2v) is 11.3. The standard InChI is InChI=1S/C27H34ClN3O7/c1-5-7-31(6-2)11-13-10-16(32)18-14(20(13)28)8-12-9-15-21(30(3)4)23(34)19(26(29)37)25(36)27(15,38)24(35)17(12)22(18)33/h10,12,15,17,19,21,32,38H,5-9,11H2,1-4H3,(H2,29,37)/t12-,15-,17?,19?,21-,27-/m0/s1. The van der Waals surface area contributed by atoms with Crippen LogP contribution in [0.3, 0.4) is 0 Å². The molecule has 38 heavy (non-hydrogen) atoms. The Balaban J connectivity index is 1.81. The van der Waals surface area contributed by atoms with Gasteiger partial charge in [0.2, 0.25) is 5.91 Å². The fraction of sp³-hybridized carbons (Fsp3) is 0.593. The van der Waals surface area contributed by atoms with Crippen molar-refractivity contribution in [1.82, 2.24) is 9.80 Å². The molecule has 3 aliphatic carbocycles. The molecule has 10 nitrogen and oxygen atoms in total. The van der Waals surface area contributed by atoms with Crippen LogP contribution in [-0.2, 0) is 32.1 Å². The minimum absolute atomic E-state index is 0.0118. The molecule has 2 fully saturated rings. The number of carbonyl (C=O) groups is 5. The number of ketones is 4. The van der Waals surface area contributed by atoms with E-state index in [1.54, 1.807) is 14.1 Å². The first-order valence-corrected chi connectivity index (χ1v) is 13.3. The van der Waals surface area contributed by atoms with Crippen LogP contribution in [0.15, 0.2) is 6.07 Å². The Morgan fingerprint density at radius 3 is 2.39 bits per heavy atom. The zero-order valence-corrected chi connectivity index (χ0v) is 22.7. The summed E-state index contributed by atoms with van der Waals surface area (Å²) in [5, 5.41) is 22.8. The highest BCUT2D eigenvalue weighted by molar-refractivity contribution is 6.34. The Hall–Kier alpha value is -2.66. The maximum absolute atomic E-state index is 13.8. The van der Waals surface area contributed by atoms with E-state index in [0.717, 1.165) is 19.5 Å². The first kappa shape index (κ1) is 28.4. The summed E-state index contributed by atoms with van der Waals surface area (Å²) in [6.07, 6.45) is 1.06. The minimum Gasteiger partial charge on any atom is -0.507 e. The quantitative estimate of drug-likeness (QED) is 0.419. The third-order valence-corrected chi connectivity index (χ3v) is 8.92. The van der Waals surface area contributed by atoms with Crippen LogP contribution in [0.2, 0.25) is 5.02 Å². The van der Waals surface area contributed by atoms with Gasteiger partial charge in [0.1, 0.15) is 5.75 Å². The molecule has 0 radical (unpaired) electrons. The number of carbonyl (C=O) groups excluding carboxylic acids is 5. The van der Waals surface area contributed by atoms with Gasteiger partial charge in [-0.2, -0.15) is 0 Å². The maximum Gasteiger partial charge on any atom is 0.235 e. The van der Waals surface area contributed by atoms with E-state index in [-0.39, 0.29) is 24.2 Å². The number of primary amides is 1. The molecule has 1 aromatic rings. The number of hydrogen-bond acceptors (Lipinski definition) is 9. The minimum atomic E-state index is -2.74. The average Bonchev–Trinajstić information content (AvgIpc) is 2.83. The number of hydrogen-bond donors (Lipinski definition) is 3. The highest BCUT2D eigenvalue weighted by atomic mass is 35.5. The van der Waals surface area contributed by atoms with E-state index in [0.29, 0.717) is 22.7 Å². The molecular formula is C27H34ClN3O7. The first-order chi connectivity index (χ1) is 17.8. The Bertz CT molecular complexity index is 1230. The van der Waals surface area contributed by atoms with E-state index in [9.17, 15) is 34.2 Å². The van der Waals surface area contributed by atoms with E-state index in [2.05, 4.69) is 11.8 Å². The predicted octanol–water partition coefficient (Wildman–Crippen LogP) is 0.752. The summed E-state index contributed by atoms with van der Waals surface area (Å²) < 4.78 is 0. The summed E-state index contributed by atoms with van der Waals surface area (Å²) in [7, 11) is 3.09. The maximum atomic E-state index is 13.8. The van der Waals surface area contributed by atoms with E-state index in [4.69, 9.17) is 17.3 Å². The summed E-state index contributed by atoms with van der Waals surface area (Å²) in [6.45, 7) is 6.13. The van der Waals surface area contributed by atoms with Crippen molar-refractivity contribution >= 4 is 40.6 Å². The van der Waals surface area contributed by atoms with Gasteiger partial charge >= 0.3 is 0 Å². The summed E-state index contributed by atoms with van der Waals surface area (Å²) in [5.74, 6) is -10.7. The largest absolute Gasteiger partial charge is 0.507 e. The molecule has 4 rings (SSSR count). The van der Waals surface area contributed by atoms with Crippen molar-refractivity contribution in [2.24, 2.45) is 29.4 Å². The van der Waals surface area contributed by atoms with Crippen molar-refractivity contribution in [3.63, 3.8) is 0 Å². The zero-order chi connectivity index (χ0) is 28.3. The molecule has 11 heteroatoms. The molecule has 0 heterocycles. The van der Waals surface area contributed by atoms with E-state index < -0.39 is 64.4 Å². The van der Waals surface area contributed by atoms with Gasteiger partial charge in [-0.05, 0) is 69.6 Å². The second kappa shape index (κ2) is 10.1. The molecule has 6 atom stereocenters. The van der Waals surface area contributed by atoms with Gasteiger partial charge in [-0.1, -0.05) is 25.4 Å². The molecule has 206 valence electrons. The molecule has 0 aliphatic heterocycles. The number of Topliss-reactive ketones (excluding diaryl/α,β-unsaturated/α-hetero) is 4. The fourth-order valence-corrected chi connectivity index (χ4v) is 7.01. The Morgan fingerprint density at radius 1 is 1.18 bits per heavy atom. The molecule has 0 bridgehead atoms. The molecule has 1 aromatic carbocycles. The molecule has 2 saturated carbocycles. The summed E-state index contributed by atoms with van der Waals surface area (Å²) in [4.78, 5) is 69.6. The SMILES string of the molecule is CCCN(CC)Cc1cc(O)c2c(c1Cl)C[C@H]1C[C@H]3[C@H](N(C)C)C(=O)C(C(N)=O)C(=O)[C@@]3(O)C(=O)C1C2=O. The zero-order valence-electron chi connectivity index (χ0n) is 22.0. The highest BCUT2D eigenvalue weighted by Crippen LogP contribution is 2.51. The lowest BCUT2D eigenvalue weighted by Gasteiger charge is -2.52. The van der Waals surface area contributed by atoms with Crippen LogP contribution in [0.1, 0.15) is 48.2 Å². The first-order valence-electron chi connectivity index (χ1n) is 12.9. The smallest absolute Gasteiger partial charge is 0.235 e. The number of amides is 1. The van der Waals surface area contributed by atoms with Gasteiger partial charge in [-0.15, -0.1) is 0 Å². The number of nitrogens with two attached hydrogens (primary N) is 1. The van der Waals surface area contributed by atoms with Crippen molar-refractivity contribution in [2.45, 2.75) is 51.3 Å². The lowest BCUT2D eigenvalue weighted by Crippen LogP contribution is -2.74. The lowest BCUT2D eigenvalue weighted by atomic mass is 9.52. The van der Waals surface area contributed by atoms with Crippen molar-refractivity contribution in [2.75, 3.05) is 27.2 Å². The van der Waals surface area contributed by atoms with Gasteiger partial charge in [0.05, 0.1) is 17.5 Å². The summed E-state index contributed by atoms with van der Waals surface area (Å²) in [5.41, 5.74) is 3.58. The number of halogens is 1. The molecule has 1 amide bonds. The van der Waals surface area contributed by atoms with Gasteiger partial charge in [0.25, 0.3) is 0 Å². The van der Waals surface area contributed by atoms with Crippen molar-refractivity contribution in [3.8, 4) is 5.75 Å². The summed E-state index contributed by atoms with van der Waals surface area (Å²) >= 11 is 6.78. The van der Waals surface area contributed by atoms with Gasteiger partial charge in [-0.25, -0.2) is 0 Å². The lowest BCUT2D eigenvalue weighted by molar-refractivity contribution is -0.181. The Kier molecular flexibility index (Phi) is 7.57. The number of benzene rings is 1. The number of phenolic OH excluding ortho intramolecular Hbond substituents is 1. The normalized spacial score (nSPS) is 30.9. The van der Waals surface area contributed by atoms with E-state index in [1.165, 1.54) is 11.0 Å². The van der Waals surface area contributed by atoms with Gasteiger partial charge in [0, 0.05) is 17.5 Å². The number of aliphatic hydroxyl groups is 1. The third-order valence-electron chi connectivity index (χ3n) is 8.45. The molecule has 2 unspecified atom stereocenters. The van der Waals surface area contributed by atoms with Crippen LogP contribution >= 0.6 is 11.6 Å². The van der Waals surface area contributed by atoms with Gasteiger partial charge < -0.3 is 15.9 Å². The molecule has 0 aromatic heterocycles. The average molecular weight is 548 g/mol. The van der Waals surface area contributed by atoms with Gasteiger partial charge in [0.15, 0.2) is 34.7 Å². The number of likely N-dealkylation sites (N-methyl/N-ethyl adjacent to an activating group) is 1. The molecular weight excluding hydrogens is 514 g/mol. The van der Waals surface area contributed by atoms with Crippen LogP contribution in [-0.4, -0.2) is 87.9 Å². The molecule has 0 spiro atoms. The fourth-order valence-electron chi connectivity index (χ4n) is 6.73. The van der Waals surface area contributed by atoms with Crippen molar-refractivity contribution < 1.29 is 34.2 Å². The molecule has 3 aliphatic rings.